The molecule has 1 unspecified atom stereocenters. The van der Waals surface area contributed by atoms with Gasteiger partial charge in [0.15, 0.2) is 0 Å². The van der Waals surface area contributed by atoms with Crippen molar-refractivity contribution < 1.29 is 14.0 Å². The summed E-state index contributed by atoms with van der Waals surface area (Å²) in [6, 6.07) is 6.76. The number of oxazole rings is 1. The lowest BCUT2D eigenvalue weighted by molar-refractivity contribution is -0.141. The van der Waals surface area contributed by atoms with Crippen molar-refractivity contribution in [1.82, 2.24) is 9.88 Å². The van der Waals surface area contributed by atoms with Gasteiger partial charge in [-0.3, -0.25) is 9.59 Å². The smallest absolute Gasteiger partial charge is 0.247 e. The van der Waals surface area contributed by atoms with Crippen LogP contribution in [0, 0.1) is 0 Å². The molecule has 1 fully saturated rings. The normalized spacial score (nSPS) is 16.7. The predicted octanol–water partition coefficient (Wildman–Crippen LogP) is 2.07. The minimum absolute atomic E-state index is 0.190. The zero-order valence-electron chi connectivity index (χ0n) is 11.9. The van der Waals surface area contributed by atoms with Gasteiger partial charge in [0.05, 0.1) is 6.20 Å². The van der Waals surface area contributed by atoms with Crippen molar-refractivity contribution in [2.24, 2.45) is 0 Å². The molecule has 1 aliphatic rings. The van der Waals surface area contributed by atoms with E-state index in [9.17, 15) is 9.59 Å². The fraction of sp³-hybridized carbons (Fsp3) is 0.188. The third kappa shape index (κ3) is 2.63. The SMILES string of the molecule is C=CC(=O)N1CCC1C(=O)Nc1ccc(-c2ncco2)cc1. The van der Waals surface area contributed by atoms with Crippen molar-refractivity contribution >= 4 is 17.5 Å². The van der Waals surface area contributed by atoms with Gasteiger partial charge in [-0.15, -0.1) is 0 Å². The monoisotopic (exact) mass is 297 g/mol. The molecule has 1 N–H and O–H groups in total. The van der Waals surface area contributed by atoms with Crippen molar-refractivity contribution in [3.05, 3.63) is 49.4 Å². The molecule has 22 heavy (non-hydrogen) atoms. The standard InChI is InChI=1S/C16H15N3O3/c1-2-14(20)19-9-7-13(19)15(21)18-12-5-3-11(4-6-12)16-17-8-10-22-16/h2-6,8,10,13H,1,7,9H2,(H,18,21). The second-order valence-corrected chi connectivity index (χ2v) is 4.94. The second kappa shape index (κ2) is 5.85. The molecule has 0 aliphatic carbocycles. The summed E-state index contributed by atoms with van der Waals surface area (Å²) in [6.45, 7) is 4.03. The molecule has 1 saturated heterocycles. The minimum Gasteiger partial charge on any atom is -0.445 e. The number of likely N-dealkylation sites (tertiary alicyclic amines) is 1. The number of carbonyl (C=O) groups excluding carboxylic acids is 2. The Labute approximate surface area is 127 Å². The molecule has 0 radical (unpaired) electrons. The molecule has 6 nitrogen and oxygen atoms in total. The molecular formula is C16H15N3O3. The first-order valence-electron chi connectivity index (χ1n) is 6.93. The molecule has 2 amide bonds. The minimum atomic E-state index is -0.420. The van der Waals surface area contributed by atoms with Crippen LogP contribution in [0.15, 0.2) is 53.8 Å². The molecule has 0 bridgehead atoms. The highest BCUT2D eigenvalue weighted by atomic mass is 16.3. The first-order valence-corrected chi connectivity index (χ1v) is 6.93. The summed E-state index contributed by atoms with van der Waals surface area (Å²) in [5.41, 5.74) is 1.49. The molecule has 2 aromatic rings. The van der Waals surface area contributed by atoms with Crippen molar-refractivity contribution in [3.63, 3.8) is 0 Å². The highest BCUT2D eigenvalue weighted by Gasteiger charge is 2.36. The number of benzene rings is 1. The van der Waals surface area contributed by atoms with Gasteiger partial charge in [-0.2, -0.15) is 0 Å². The van der Waals surface area contributed by atoms with E-state index in [0.717, 1.165) is 5.56 Å². The molecule has 112 valence electrons. The topological polar surface area (TPSA) is 75.4 Å². The van der Waals surface area contributed by atoms with Crippen LogP contribution >= 0.6 is 0 Å². The maximum atomic E-state index is 12.2. The van der Waals surface area contributed by atoms with Crippen LogP contribution in [0.4, 0.5) is 5.69 Å². The number of anilines is 1. The Morgan fingerprint density at radius 1 is 1.36 bits per heavy atom. The summed E-state index contributed by atoms with van der Waals surface area (Å²) in [7, 11) is 0. The number of hydrogen-bond acceptors (Lipinski definition) is 4. The number of nitrogens with zero attached hydrogens (tertiary/aromatic N) is 2. The largest absolute Gasteiger partial charge is 0.445 e. The maximum absolute atomic E-state index is 12.2. The molecule has 1 aromatic carbocycles. The fourth-order valence-corrected chi connectivity index (χ4v) is 2.33. The van der Waals surface area contributed by atoms with E-state index in [1.807, 2.05) is 12.1 Å². The fourth-order valence-electron chi connectivity index (χ4n) is 2.33. The van der Waals surface area contributed by atoms with E-state index < -0.39 is 6.04 Å². The molecule has 2 heterocycles. The van der Waals surface area contributed by atoms with Crippen LogP contribution in [0.2, 0.25) is 0 Å². The van der Waals surface area contributed by atoms with Crippen molar-refractivity contribution in [1.29, 1.82) is 0 Å². The van der Waals surface area contributed by atoms with Crippen LogP contribution in [0.5, 0.6) is 0 Å². The first kappa shape index (κ1) is 14.1. The van der Waals surface area contributed by atoms with Gasteiger partial charge in [-0.25, -0.2) is 4.98 Å². The van der Waals surface area contributed by atoms with Crippen LogP contribution in [0.3, 0.4) is 0 Å². The van der Waals surface area contributed by atoms with Gasteiger partial charge in [0.2, 0.25) is 17.7 Å². The Balaban J connectivity index is 1.65. The molecule has 1 aliphatic heterocycles. The van der Waals surface area contributed by atoms with E-state index in [1.165, 1.54) is 17.2 Å². The first-order chi connectivity index (χ1) is 10.7. The Morgan fingerprint density at radius 3 is 2.68 bits per heavy atom. The molecular weight excluding hydrogens is 282 g/mol. The number of nitrogens with one attached hydrogen (secondary N) is 1. The summed E-state index contributed by atoms with van der Waals surface area (Å²) >= 11 is 0. The average molecular weight is 297 g/mol. The van der Waals surface area contributed by atoms with Crippen molar-refractivity contribution in [2.75, 3.05) is 11.9 Å². The highest BCUT2D eigenvalue weighted by Crippen LogP contribution is 2.22. The van der Waals surface area contributed by atoms with E-state index in [4.69, 9.17) is 4.42 Å². The third-order valence-electron chi connectivity index (χ3n) is 3.61. The quantitative estimate of drug-likeness (QED) is 0.877. The van der Waals surface area contributed by atoms with Crippen LogP contribution in [0.1, 0.15) is 6.42 Å². The Morgan fingerprint density at radius 2 is 2.14 bits per heavy atom. The number of aromatic nitrogens is 1. The van der Waals surface area contributed by atoms with E-state index >= 15 is 0 Å². The van der Waals surface area contributed by atoms with Crippen molar-refractivity contribution in [2.45, 2.75) is 12.5 Å². The van der Waals surface area contributed by atoms with Crippen LogP contribution in [-0.4, -0.2) is 34.3 Å². The third-order valence-corrected chi connectivity index (χ3v) is 3.61. The summed E-state index contributed by atoms with van der Waals surface area (Å²) in [6.07, 6.45) is 4.98. The second-order valence-electron chi connectivity index (χ2n) is 4.94. The zero-order chi connectivity index (χ0) is 15.5. The van der Waals surface area contributed by atoms with Gasteiger partial charge in [-0.05, 0) is 36.8 Å². The summed E-state index contributed by atoms with van der Waals surface area (Å²) < 4.78 is 5.21. The predicted molar refractivity (Wildman–Crippen MR) is 80.9 cm³/mol. The van der Waals surface area contributed by atoms with Crippen LogP contribution < -0.4 is 5.32 Å². The van der Waals surface area contributed by atoms with E-state index in [1.54, 1.807) is 18.3 Å². The molecule has 6 heteroatoms. The van der Waals surface area contributed by atoms with Crippen LogP contribution in [0.25, 0.3) is 11.5 Å². The van der Waals surface area contributed by atoms with Gasteiger partial charge in [0.25, 0.3) is 0 Å². The Bertz CT molecular complexity index is 692. The van der Waals surface area contributed by atoms with Gasteiger partial charge >= 0.3 is 0 Å². The molecule has 1 aromatic heterocycles. The van der Waals surface area contributed by atoms with Crippen molar-refractivity contribution in [3.8, 4) is 11.5 Å². The lowest BCUT2D eigenvalue weighted by atomic mass is 10.0. The maximum Gasteiger partial charge on any atom is 0.247 e. The number of amides is 2. The van der Waals surface area contributed by atoms with Gasteiger partial charge in [0.1, 0.15) is 12.3 Å². The summed E-state index contributed by atoms with van der Waals surface area (Å²) in [5.74, 6) is 0.121. The Hall–Kier alpha value is -2.89. The highest BCUT2D eigenvalue weighted by molar-refractivity contribution is 6.00. The molecule has 0 saturated carbocycles. The zero-order valence-corrected chi connectivity index (χ0v) is 11.9. The number of hydrogen-bond donors (Lipinski definition) is 1. The van der Waals surface area contributed by atoms with E-state index in [-0.39, 0.29) is 11.8 Å². The lowest BCUT2D eigenvalue weighted by Gasteiger charge is -2.38. The lowest BCUT2D eigenvalue weighted by Crippen LogP contribution is -2.56. The number of carbonyl (C=O) groups is 2. The van der Waals surface area contributed by atoms with Gasteiger partial charge in [0, 0.05) is 17.8 Å². The van der Waals surface area contributed by atoms with Gasteiger partial charge in [-0.1, -0.05) is 6.58 Å². The molecule has 0 spiro atoms. The van der Waals surface area contributed by atoms with Crippen LogP contribution in [-0.2, 0) is 9.59 Å². The molecule has 1 atom stereocenters. The molecule has 3 rings (SSSR count). The van der Waals surface area contributed by atoms with Gasteiger partial charge < -0.3 is 14.6 Å². The van der Waals surface area contributed by atoms with E-state index in [2.05, 4.69) is 16.9 Å². The summed E-state index contributed by atoms with van der Waals surface area (Å²) in [4.78, 5) is 29.3. The Kier molecular flexibility index (Phi) is 3.74. The summed E-state index contributed by atoms with van der Waals surface area (Å²) in [5, 5.41) is 2.81. The average Bonchev–Trinajstić information content (AvgIpc) is 3.01. The number of rotatable bonds is 4. The van der Waals surface area contributed by atoms with E-state index in [0.29, 0.717) is 24.5 Å².